The molecule has 1 aromatic carbocycles. The number of nitrogens with zero attached hydrogens (tertiary/aromatic N) is 1. The first-order chi connectivity index (χ1) is 7.95. The van der Waals surface area contributed by atoms with Gasteiger partial charge < -0.3 is 10.6 Å². The molecule has 0 bridgehead atoms. The van der Waals surface area contributed by atoms with Crippen LogP contribution in [0.15, 0.2) is 28.5 Å². The molecule has 0 unspecified atom stereocenters. The Kier molecular flexibility index (Phi) is 3.07. The third kappa shape index (κ3) is 2.13. The SMILES string of the molecule is CN(C)CC1=CS(=O)(=O)c2cccc(CN)c21. The highest BCUT2D eigenvalue weighted by molar-refractivity contribution is 7.95. The molecular formula is C12H16N2O2S. The maximum absolute atomic E-state index is 12.0. The zero-order valence-electron chi connectivity index (χ0n) is 9.97. The lowest BCUT2D eigenvalue weighted by molar-refractivity contribution is 0.463. The predicted octanol–water partition coefficient (Wildman–Crippen LogP) is 0.835. The lowest BCUT2D eigenvalue weighted by Crippen LogP contribution is -2.15. The zero-order valence-corrected chi connectivity index (χ0v) is 10.8. The number of sulfone groups is 1. The fourth-order valence-corrected chi connectivity index (χ4v) is 3.62. The van der Waals surface area contributed by atoms with Crippen LogP contribution < -0.4 is 5.73 Å². The third-order valence-corrected chi connectivity index (χ3v) is 4.29. The summed E-state index contributed by atoms with van der Waals surface area (Å²) in [5, 5.41) is 1.36. The highest BCUT2D eigenvalue weighted by Gasteiger charge is 2.28. The van der Waals surface area contributed by atoms with Crippen LogP contribution in [0.1, 0.15) is 11.1 Å². The second kappa shape index (κ2) is 4.25. The van der Waals surface area contributed by atoms with E-state index in [0.717, 1.165) is 16.7 Å². The number of likely N-dealkylation sites (N-methyl/N-ethyl adjacent to an activating group) is 1. The molecule has 0 atom stereocenters. The van der Waals surface area contributed by atoms with Crippen LogP contribution in [0.2, 0.25) is 0 Å². The molecule has 1 aromatic rings. The molecule has 2 N–H and O–H groups in total. The minimum atomic E-state index is -3.28. The molecule has 1 heterocycles. The van der Waals surface area contributed by atoms with Crippen LogP contribution in [0, 0.1) is 0 Å². The van der Waals surface area contributed by atoms with Crippen LogP contribution in [-0.4, -0.2) is 34.0 Å². The Morgan fingerprint density at radius 1 is 1.29 bits per heavy atom. The van der Waals surface area contributed by atoms with Crippen molar-refractivity contribution in [3.8, 4) is 0 Å². The lowest BCUT2D eigenvalue weighted by Gasteiger charge is -2.13. The normalized spacial score (nSPS) is 17.1. The molecule has 0 saturated carbocycles. The molecule has 2 rings (SSSR count). The molecular weight excluding hydrogens is 236 g/mol. The highest BCUT2D eigenvalue weighted by atomic mass is 32.2. The molecule has 5 heteroatoms. The summed E-state index contributed by atoms with van der Waals surface area (Å²) in [5.41, 5.74) is 8.17. The topological polar surface area (TPSA) is 63.4 Å². The smallest absolute Gasteiger partial charge is 0.200 e. The zero-order chi connectivity index (χ0) is 12.6. The van der Waals surface area contributed by atoms with Gasteiger partial charge in [-0.15, -0.1) is 0 Å². The van der Waals surface area contributed by atoms with Crippen molar-refractivity contribution in [2.45, 2.75) is 11.4 Å². The van der Waals surface area contributed by atoms with Crippen molar-refractivity contribution < 1.29 is 8.42 Å². The van der Waals surface area contributed by atoms with Crippen molar-refractivity contribution in [3.63, 3.8) is 0 Å². The largest absolute Gasteiger partial charge is 0.326 e. The Balaban J connectivity index is 2.63. The van der Waals surface area contributed by atoms with E-state index >= 15 is 0 Å². The van der Waals surface area contributed by atoms with Crippen LogP contribution in [0.4, 0.5) is 0 Å². The first-order valence-electron chi connectivity index (χ1n) is 5.38. The van der Waals surface area contributed by atoms with Gasteiger partial charge in [0.05, 0.1) is 4.90 Å². The Labute approximate surface area is 102 Å². The van der Waals surface area contributed by atoms with E-state index in [4.69, 9.17) is 5.73 Å². The van der Waals surface area contributed by atoms with Crippen molar-refractivity contribution in [2.24, 2.45) is 5.73 Å². The van der Waals surface area contributed by atoms with E-state index in [9.17, 15) is 8.42 Å². The van der Waals surface area contributed by atoms with Gasteiger partial charge in [0.2, 0.25) is 9.84 Å². The Hall–Kier alpha value is -1.17. The number of nitrogens with two attached hydrogens (primary N) is 1. The monoisotopic (exact) mass is 252 g/mol. The molecule has 0 aromatic heterocycles. The third-order valence-electron chi connectivity index (χ3n) is 2.74. The number of benzene rings is 1. The molecule has 0 amide bonds. The average Bonchev–Trinajstić information content (AvgIpc) is 2.50. The second-order valence-electron chi connectivity index (χ2n) is 4.42. The number of fused-ring (bicyclic) bond motifs is 1. The van der Waals surface area contributed by atoms with Gasteiger partial charge in [0.1, 0.15) is 0 Å². The van der Waals surface area contributed by atoms with Gasteiger partial charge in [0.15, 0.2) is 0 Å². The maximum atomic E-state index is 12.0. The molecule has 1 aliphatic rings. The summed E-state index contributed by atoms with van der Waals surface area (Å²) < 4.78 is 24.0. The van der Waals surface area contributed by atoms with E-state index in [-0.39, 0.29) is 0 Å². The first kappa shape index (κ1) is 12.3. The molecule has 0 radical (unpaired) electrons. The van der Waals surface area contributed by atoms with Crippen LogP contribution in [0.3, 0.4) is 0 Å². The fourth-order valence-electron chi connectivity index (χ4n) is 2.11. The van der Waals surface area contributed by atoms with E-state index in [1.54, 1.807) is 12.1 Å². The van der Waals surface area contributed by atoms with Gasteiger partial charge in [-0.1, -0.05) is 12.1 Å². The van der Waals surface area contributed by atoms with Crippen LogP contribution >= 0.6 is 0 Å². The Bertz CT molecular complexity index is 574. The summed E-state index contributed by atoms with van der Waals surface area (Å²) in [6.07, 6.45) is 0. The summed E-state index contributed by atoms with van der Waals surface area (Å²) >= 11 is 0. The van der Waals surface area contributed by atoms with Crippen molar-refractivity contribution in [3.05, 3.63) is 34.7 Å². The first-order valence-corrected chi connectivity index (χ1v) is 6.93. The predicted molar refractivity (Wildman–Crippen MR) is 68.1 cm³/mol. The molecule has 0 fully saturated rings. The van der Waals surface area contributed by atoms with Crippen molar-refractivity contribution in [2.75, 3.05) is 20.6 Å². The average molecular weight is 252 g/mol. The van der Waals surface area contributed by atoms with Gasteiger partial charge in [-0.25, -0.2) is 8.42 Å². The molecule has 0 saturated heterocycles. The Morgan fingerprint density at radius 3 is 2.59 bits per heavy atom. The summed E-state index contributed by atoms with van der Waals surface area (Å²) in [4.78, 5) is 2.33. The molecule has 4 nitrogen and oxygen atoms in total. The van der Waals surface area contributed by atoms with Gasteiger partial charge in [-0.05, 0) is 31.3 Å². The van der Waals surface area contributed by atoms with E-state index in [0.29, 0.717) is 18.0 Å². The Morgan fingerprint density at radius 2 is 2.00 bits per heavy atom. The van der Waals surface area contributed by atoms with E-state index in [1.807, 2.05) is 25.1 Å². The molecule has 17 heavy (non-hydrogen) atoms. The number of hydrogen-bond acceptors (Lipinski definition) is 4. The second-order valence-corrected chi connectivity index (χ2v) is 6.19. The maximum Gasteiger partial charge on any atom is 0.200 e. The van der Waals surface area contributed by atoms with Gasteiger partial charge in [-0.3, -0.25) is 0 Å². The summed E-state index contributed by atoms with van der Waals surface area (Å²) in [6.45, 7) is 0.951. The summed E-state index contributed by atoms with van der Waals surface area (Å²) in [5.74, 6) is 0. The molecule has 0 aliphatic carbocycles. The fraction of sp³-hybridized carbons (Fsp3) is 0.333. The number of hydrogen-bond donors (Lipinski definition) is 1. The van der Waals surface area contributed by atoms with Crippen LogP contribution in [0.5, 0.6) is 0 Å². The van der Waals surface area contributed by atoms with E-state index in [1.165, 1.54) is 5.41 Å². The van der Waals surface area contributed by atoms with Crippen LogP contribution in [0.25, 0.3) is 5.57 Å². The van der Waals surface area contributed by atoms with Crippen LogP contribution in [-0.2, 0) is 16.4 Å². The molecule has 92 valence electrons. The van der Waals surface area contributed by atoms with E-state index < -0.39 is 9.84 Å². The molecule has 0 spiro atoms. The minimum Gasteiger partial charge on any atom is -0.326 e. The standard InChI is InChI=1S/C12H16N2O2S/c1-14(2)7-10-8-17(15,16)11-5-3-4-9(6-13)12(10)11/h3-5,8H,6-7,13H2,1-2H3. The summed E-state index contributed by atoms with van der Waals surface area (Å²) in [6, 6.07) is 5.26. The minimum absolute atomic E-state index is 0.351. The molecule has 1 aliphatic heterocycles. The summed E-state index contributed by atoms with van der Waals surface area (Å²) in [7, 11) is 0.549. The quantitative estimate of drug-likeness (QED) is 0.865. The van der Waals surface area contributed by atoms with Gasteiger partial charge in [0, 0.05) is 24.1 Å². The van der Waals surface area contributed by atoms with Gasteiger partial charge in [-0.2, -0.15) is 0 Å². The van der Waals surface area contributed by atoms with Gasteiger partial charge in [0.25, 0.3) is 0 Å². The van der Waals surface area contributed by atoms with Crippen molar-refractivity contribution in [1.29, 1.82) is 0 Å². The number of rotatable bonds is 3. The van der Waals surface area contributed by atoms with Crippen molar-refractivity contribution in [1.82, 2.24) is 4.90 Å². The van der Waals surface area contributed by atoms with E-state index in [2.05, 4.69) is 0 Å². The highest BCUT2D eigenvalue weighted by Crippen LogP contribution is 2.35. The van der Waals surface area contributed by atoms with Crippen molar-refractivity contribution >= 4 is 15.4 Å². The van der Waals surface area contributed by atoms with Gasteiger partial charge >= 0.3 is 0 Å². The lowest BCUT2D eigenvalue weighted by atomic mass is 10.0.